The predicted molar refractivity (Wildman–Crippen MR) is 143 cm³/mol. The van der Waals surface area contributed by atoms with Crippen LogP contribution in [0.1, 0.15) is 22.5 Å². The maximum Gasteiger partial charge on any atom is 0.264 e. The van der Waals surface area contributed by atoms with E-state index < -0.39 is 28.3 Å². The van der Waals surface area contributed by atoms with Crippen molar-refractivity contribution in [2.45, 2.75) is 25.7 Å². The summed E-state index contributed by atoms with van der Waals surface area (Å²) >= 11 is 0. The van der Waals surface area contributed by atoms with Crippen molar-refractivity contribution in [3.8, 4) is 5.69 Å². The van der Waals surface area contributed by atoms with Crippen LogP contribution in [-0.2, 0) is 14.8 Å². The van der Waals surface area contributed by atoms with E-state index in [1.54, 1.807) is 47.9 Å². The van der Waals surface area contributed by atoms with Gasteiger partial charge in [0.25, 0.3) is 15.9 Å². The highest BCUT2D eigenvalue weighted by atomic mass is 32.2. The number of aromatic nitrogens is 1. The summed E-state index contributed by atoms with van der Waals surface area (Å²) in [6, 6.07) is 19.5. The highest BCUT2D eigenvalue weighted by Gasteiger charge is 2.29. The van der Waals surface area contributed by atoms with Gasteiger partial charge in [-0.25, -0.2) is 22.6 Å². The van der Waals surface area contributed by atoms with Crippen LogP contribution >= 0.6 is 0 Å². The van der Waals surface area contributed by atoms with Gasteiger partial charge in [-0.15, -0.1) is 0 Å². The normalized spacial score (nSPS) is 11.6. The molecule has 3 aromatic carbocycles. The van der Waals surface area contributed by atoms with E-state index in [0.29, 0.717) is 21.2 Å². The van der Waals surface area contributed by atoms with Crippen LogP contribution in [0.25, 0.3) is 5.69 Å². The predicted octanol–water partition coefficient (Wildman–Crippen LogP) is 5.03. The van der Waals surface area contributed by atoms with Gasteiger partial charge in [0.05, 0.1) is 22.5 Å². The molecule has 0 spiro atoms. The molecule has 1 heterocycles. The number of anilines is 1. The van der Waals surface area contributed by atoms with Gasteiger partial charge in [0.2, 0.25) is 0 Å². The van der Waals surface area contributed by atoms with E-state index in [0.717, 1.165) is 17.3 Å². The zero-order chi connectivity index (χ0) is 27.4. The molecule has 0 unspecified atom stereocenters. The number of sulfonamides is 1. The van der Waals surface area contributed by atoms with Crippen molar-refractivity contribution in [1.29, 1.82) is 0 Å². The average molecular weight is 537 g/mol. The Kier molecular flexibility index (Phi) is 7.72. The third kappa shape index (κ3) is 5.50. The van der Waals surface area contributed by atoms with E-state index in [2.05, 4.69) is 10.5 Å². The third-order valence-electron chi connectivity index (χ3n) is 5.97. The van der Waals surface area contributed by atoms with Crippen molar-refractivity contribution in [2.75, 3.05) is 10.8 Å². The second-order valence-electron chi connectivity index (χ2n) is 8.68. The molecule has 4 aromatic rings. The van der Waals surface area contributed by atoms with Crippen molar-refractivity contribution in [2.24, 2.45) is 5.10 Å². The summed E-state index contributed by atoms with van der Waals surface area (Å²) in [6.45, 7) is 4.71. The number of aryl methyl sites for hydroxylation is 2. The molecule has 196 valence electrons. The largest absolute Gasteiger partial charge is 0.315 e. The fourth-order valence-electron chi connectivity index (χ4n) is 4.05. The number of nitrogens with one attached hydrogen (secondary N) is 1. The van der Waals surface area contributed by atoms with E-state index >= 15 is 0 Å². The standard InChI is InChI=1S/C28H26F2N4O3S/c1-19-12-14-23(15-13-19)38(36,37)33(26-10-6-4-8-24(26)29)18-28(35)32-31-17-22-16-20(2)34(21(22)3)27-11-7-5-9-25(27)30/h4-17H,18H2,1-3H3,(H,32,35)/b31-17+. The third-order valence-corrected chi connectivity index (χ3v) is 7.75. The van der Waals surface area contributed by atoms with Crippen LogP contribution in [0.5, 0.6) is 0 Å². The lowest BCUT2D eigenvalue weighted by molar-refractivity contribution is -0.119. The fraction of sp³-hybridized carbons (Fsp3) is 0.143. The first-order chi connectivity index (χ1) is 18.1. The molecule has 0 atom stereocenters. The number of halogens is 2. The lowest BCUT2D eigenvalue weighted by Gasteiger charge is -2.24. The highest BCUT2D eigenvalue weighted by molar-refractivity contribution is 7.92. The number of rotatable bonds is 8. The van der Waals surface area contributed by atoms with Crippen LogP contribution in [0.4, 0.5) is 14.5 Å². The van der Waals surface area contributed by atoms with Crippen LogP contribution in [-0.4, -0.2) is 31.7 Å². The molecule has 38 heavy (non-hydrogen) atoms. The first-order valence-electron chi connectivity index (χ1n) is 11.7. The number of carbonyl (C=O) groups excluding carboxylic acids is 1. The summed E-state index contributed by atoms with van der Waals surface area (Å²) in [4.78, 5) is 12.7. The van der Waals surface area contributed by atoms with Gasteiger partial charge in [0, 0.05) is 17.0 Å². The Hall–Kier alpha value is -4.31. The highest BCUT2D eigenvalue weighted by Crippen LogP contribution is 2.26. The molecule has 0 aliphatic carbocycles. The van der Waals surface area contributed by atoms with Gasteiger partial charge in [0.1, 0.15) is 18.2 Å². The van der Waals surface area contributed by atoms with Crippen molar-refractivity contribution >= 4 is 27.8 Å². The molecule has 0 aliphatic heterocycles. The minimum Gasteiger partial charge on any atom is -0.315 e. The maximum atomic E-state index is 14.6. The topological polar surface area (TPSA) is 83.8 Å². The van der Waals surface area contributed by atoms with Crippen LogP contribution in [0.3, 0.4) is 0 Å². The van der Waals surface area contributed by atoms with Crippen molar-refractivity contribution in [3.63, 3.8) is 0 Å². The Morgan fingerprint density at radius 2 is 1.58 bits per heavy atom. The molecule has 0 fully saturated rings. The number of benzene rings is 3. The van der Waals surface area contributed by atoms with Gasteiger partial charge in [-0.05, 0) is 63.2 Å². The average Bonchev–Trinajstić information content (AvgIpc) is 3.16. The molecule has 7 nitrogen and oxygen atoms in total. The van der Waals surface area contributed by atoms with E-state index in [1.807, 2.05) is 13.8 Å². The first kappa shape index (κ1) is 26.7. The molecule has 0 saturated heterocycles. The first-order valence-corrected chi connectivity index (χ1v) is 13.1. The molecule has 0 saturated carbocycles. The quantitative estimate of drug-likeness (QED) is 0.253. The molecule has 1 amide bonds. The van der Waals surface area contributed by atoms with Crippen molar-refractivity contribution < 1.29 is 22.0 Å². The second kappa shape index (κ2) is 11.0. The molecule has 1 aromatic heterocycles. The van der Waals surface area contributed by atoms with E-state index in [-0.39, 0.29) is 16.4 Å². The summed E-state index contributed by atoms with van der Waals surface area (Å²) < 4.78 is 58.2. The van der Waals surface area contributed by atoms with E-state index in [4.69, 9.17) is 0 Å². The number of amides is 1. The summed E-state index contributed by atoms with van der Waals surface area (Å²) in [5, 5.41) is 3.96. The summed E-state index contributed by atoms with van der Waals surface area (Å²) in [5.74, 6) is -1.95. The molecule has 0 radical (unpaired) electrons. The number of hydrogen-bond acceptors (Lipinski definition) is 4. The molecular formula is C28H26F2N4O3S. The SMILES string of the molecule is Cc1ccc(S(=O)(=O)N(CC(=O)N/N=C/c2cc(C)n(-c3ccccc3F)c2C)c2ccccc2F)cc1. The number of nitrogens with zero attached hydrogens (tertiary/aromatic N) is 3. The molecular weight excluding hydrogens is 510 g/mol. The fourth-order valence-corrected chi connectivity index (χ4v) is 5.48. The summed E-state index contributed by atoms with van der Waals surface area (Å²) in [7, 11) is -4.27. The smallest absolute Gasteiger partial charge is 0.264 e. The summed E-state index contributed by atoms with van der Waals surface area (Å²) in [6.07, 6.45) is 1.39. The van der Waals surface area contributed by atoms with E-state index in [1.165, 1.54) is 42.6 Å². The van der Waals surface area contributed by atoms with Gasteiger partial charge in [0.15, 0.2) is 0 Å². The zero-order valence-electron chi connectivity index (χ0n) is 21.0. The second-order valence-corrected chi connectivity index (χ2v) is 10.5. The van der Waals surface area contributed by atoms with Gasteiger partial charge in [-0.1, -0.05) is 42.0 Å². The lowest BCUT2D eigenvalue weighted by Crippen LogP contribution is -2.40. The maximum absolute atomic E-state index is 14.6. The minimum atomic E-state index is -4.27. The van der Waals surface area contributed by atoms with E-state index in [9.17, 15) is 22.0 Å². The molecule has 1 N–H and O–H groups in total. The molecule has 0 aliphatic rings. The van der Waals surface area contributed by atoms with Gasteiger partial charge in [-0.3, -0.25) is 9.10 Å². The Morgan fingerprint density at radius 1 is 0.947 bits per heavy atom. The lowest BCUT2D eigenvalue weighted by atomic mass is 10.2. The Labute approximate surface area is 220 Å². The van der Waals surface area contributed by atoms with Crippen molar-refractivity contribution in [3.05, 3.63) is 113 Å². The monoisotopic (exact) mass is 536 g/mol. The van der Waals surface area contributed by atoms with Crippen molar-refractivity contribution in [1.82, 2.24) is 9.99 Å². The Bertz CT molecular complexity index is 1610. The molecule has 0 bridgehead atoms. The number of hydrazone groups is 1. The molecule has 4 rings (SSSR count). The molecule has 10 heteroatoms. The van der Waals surface area contributed by atoms with Gasteiger partial charge in [-0.2, -0.15) is 5.10 Å². The van der Waals surface area contributed by atoms with Crippen LogP contribution in [0.15, 0.2) is 88.9 Å². The van der Waals surface area contributed by atoms with Crippen LogP contribution in [0.2, 0.25) is 0 Å². The number of hydrogen-bond donors (Lipinski definition) is 1. The minimum absolute atomic E-state index is 0.0803. The van der Waals surface area contributed by atoms with Crippen LogP contribution < -0.4 is 9.73 Å². The number of carbonyl (C=O) groups is 1. The summed E-state index contributed by atoms with van der Waals surface area (Å²) in [5.41, 5.74) is 5.36. The zero-order valence-corrected chi connectivity index (χ0v) is 21.8. The Balaban J connectivity index is 1.57. The van der Waals surface area contributed by atoms with Crippen LogP contribution in [0, 0.1) is 32.4 Å². The Morgan fingerprint density at radius 3 is 2.24 bits per heavy atom. The number of para-hydroxylation sites is 2. The van der Waals surface area contributed by atoms with Gasteiger partial charge < -0.3 is 4.57 Å². The van der Waals surface area contributed by atoms with Gasteiger partial charge >= 0.3 is 0 Å².